The fraction of sp³-hybridized carbons (Fsp3) is 0.600. The molecule has 0 aliphatic carbocycles. The Balaban J connectivity index is 2.98. The molecular formula is C10H15NO3. The lowest BCUT2D eigenvalue weighted by molar-refractivity contribution is -0.121. The van der Waals surface area contributed by atoms with Gasteiger partial charge in [-0.25, -0.2) is 0 Å². The summed E-state index contributed by atoms with van der Waals surface area (Å²) in [6.07, 6.45) is 0.834. The quantitative estimate of drug-likeness (QED) is 0.661. The highest BCUT2D eigenvalue weighted by molar-refractivity contribution is 6.20. The highest BCUT2D eigenvalue weighted by Gasteiger charge is 2.36. The predicted molar refractivity (Wildman–Crippen MR) is 51.7 cm³/mol. The van der Waals surface area contributed by atoms with E-state index in [1.165, 1.54) is 6.92 Å². The number of carbonyl (C=O) groups is 2. The van der Waals surface area contributed by atoms with Gasteiger partial charge in [0.25, 0.3) is 5.91 Å². The van der Waals surface area contributed by atoms with E-state index in [1.54, 1.807) is 0 Å². The third kappa shape index (κ3) is 1.64. The zero-order chi connectivity index (χ0) is 10.9. The van der Waals surface area contributed by atoms with Crippen molar-refractivity contribution in [2.75, 3.05) is 0 Å². The minimum atomic E-state index is -0.458. The van der Waals surface area contributed by atoms with Crippen molar-refractivity contribution < 1.29 is 14.7 Å². The molecule has 0 unspecified atom stereocenters. The second kappa shape index (κ2) is 3.82. The average Bonchev–Trinajstić information content (AvgIpc) is 2.40. The molecule has 4 nitrogen and oxygen atoms in total. The standard InChI is InChI=1S/C10H15NO3/c1-4-5(2)8-9(13)7(6(3)12)10(14)11-8/h5,8,13H,4H2,1-3H3,(H,11,14)/t5-,8+/m1/s1. The third-order valence-corrected chi connectivity index (χ3v) is 2.63. The molecule has 1 aliphatic rings. The lowest BCUT2D eigenvalue weighted by atomic mass is 9.97. The smallest absolute Gasteiger partial charge is 0.259 e. The van der Waals surface area contributed by atoms with Crippen LogP contribution in [0.25, 0.3) is 0 Å². The molecule has 0 aromatic carbocycles. The van der Waals surface area contributed by atoms with Crippen LogP contribution in [0.2, 0.25) is 0 Å². The lowest BCUT2D eigenvalue weighted by Gasteiger charge is -2.17. The van der Waals surface area contributed by atoms with E-state index in [2.05, 4.69) is 5.32 Å². The number of aliphatic hydroxyl groups is 1. The van der Waals surface area contributed by atoms with E-state index in [4.69, 9.17) is 0 Å². The molecule has 2 atom stereocenters. The number of carbonyl (C=O) groups excluding carboxylic acids is 2. The Labute approximate surface area is 83.0 Å². The van der Waals surface area contributed by atoms with E-state index in [1.807, 2.05) is 13.8 Å². The summed E-state index contributed by atoms with van der Waals surface area (Å²) in [6, 6.07) is -0.397. The summed E-state index contributed by atoms with van der Waals surface area (Å²) in [5.74, 6) is -0.807. The Bertz CT molecular complexity index is 306. The van der Waals surface area contributed by atoms with Crippen LogP contribution in [0, 0.1) is 5.92 Å². The largest absolute Gasteiger partial charge is 0.509 e. The maximum atomic E-state index is 11.3. The highest BCUT2D eigenvalue weighted by Crippen LogP contribution is 2.23. The van der Waals surface area contributed by atoms with Gasteiger partial charge >= 0.3 is 0 Å². The third-order valence-electron chi connectivity index (χ3n) is 2.63. The fourth-order valence-electron chi connectivity index (χ4n) is 1.54. The molecule has 0 saturated carbocycles. The number of rotatable bonds is 3. The molecule has 4 heteroatoms. The number of ketones is 1. The Morgan fingerprint density at radius 3 is 2.57 bits per heavy atom. The molecule has 1 amide bonds. The van der Waals surface area contributed by atoms with E-state index in [0.717, 1.165) is 6.42 Å². The van der Waals surface area contributed by atoms with Gasteiger partial charge in [0, 0.05) is 0 Å². The van der Waals surface area contributed by atoms with Crippen LogP contribution >= 0.6 is 0 Å². The van der Waals surface area contributed by atoms with Crippen LogP contribution in [0.3, 0.4) is 0 Å². The van der Waals surface area contributed by atoms with Gasteiger partial charge in [0.05, 0.1) is 6.04 Å². The first kappa shape index (κ1) is 10.8. The Hall–Kier alpha value is -1.32. The maximum Gasteiger partial charge on any atom is 0.259 e. The van der Waals surface area contributed by atoms with Gasteiger partial charge in [0.2, 0.25) is 0 Å². The van der Waals surface area contributed by atoms with Crippen LogP contribution in [0.4, 0.5) is 0 Å². The number of amides is 1. The van der Waals surface area contributed by atoms with Crippen molar-refractivity contribution in [3.63, 3.8) is 0 Å². The van der Waals surface area contributed by atoms with E-state index in [-0.39, 0.29) is 23.0 Å². The van der Waals surface area contributed by atoms with E-state index >= 15 is 0 Å². The van der Waals surface area contributed by atoms with Crippen LogP contribution in [0.1, 0.15) is 27.2 Å². The molecule has 0 bridgehead atoms. The summed E-state index contributed by atoms with van der Waals surface area (Å²) in [5.41, 5.74) is -0.0877. The molecule has 0 fully saturated rings. The molecule has 1 aliphatic heterocycles. The molecule has 0 radical (unpaired) electrons. The number of hydrogen-bond donors (Lipinski definition) is 2. The molecule has 78 valence electrons. The number of hydrogen-bond acceptors (Lipinski definition) is 3. The zero-order valence-corrected chi connectivity index (χ0v) is 8.63. The number of Topliss-reactive ketones (excluding diaryl/α,β-unsaturated/α-hetero) is 1. The number of nitrogens with one attached hydrogen (secondary N) is 1. The van der Waals surface area contributed by atoms with E-state index in [9.17, 15) is 14.7 Å². The summed E-state index contributed by atoms with van der Waals surface area (Å²) in [4.78, 5) is 22.4. The first-order chi connectivity index (χ1) is 6.49. The van der Waals surface area contributed by atoms with Gasteiger partial charge in [0.1, 0.15) is 11.3 Å². The van der Waals surface area contributed by atoms with Crippen LogP contribution in [0.5, 0.6) is 0 Å². The summed E-state index contributed by atoms with van der Waals surface area (Å²) >= 11 is 0. The van der Waals surface area contributed by atoms with Crippen LogP contribution < -0.4 is 5.32 Å². The van der Waals surface area contributed by atoms with Gasteiger partial charge in [-0.15, -0.1) is 0 Å². The van der Waals surface area contributed by atoms with Crippen LogP contribution in [-0.4, -0.2) is 22.8 Å². The lowest BCUT2D eigenvalue weighted by Crippen LogP contribution is -2.34. The maximum absolute atomic E-state index is 11.3. The second-order valence-corrected chi connectivity index (χ2v) is 3.65. The van der Waals surface area contributed by atoms with Gasteiger partial charge < -0.3 is 10.4 Å². The van der Waals surface area contributed by atoms with Gasteiger partial charge in [0.15, 0.2) is 5.78 Å². The Morgan fingerprint density at radius 1 is 1.64 bits per heavy atom. The highest BCUT2D eigenvalue weighted by atomic mass is 16.3. The van der Waals surface area contributed by atoms with Crippen molar-refractivity contribution in [3.05, 3.63) is 11.3 Å². The van der Waals surface area contributed by atoms with Crippen LogP contribution in [0.15, 0.2) is 11.3 Å². The van der Waals surface area contributed by atoms with Gasteiger partial charge in [-0.05, 0) is 12.8 Å². The topological polar surface area (TPSA) is 66.4 Å². The predicted octanol–water partition coefficient (Wildman–Crippen LogP) is 0.932. The van der Waals surface area contributed by atoms with Crippen molar-refractivity contribution in [1.29, 1.82) is 0 Å². The summed E-state index contributed by atoms with van der Waals surface area (Å²) < 4.78 is 0. The van der Waals surface area contributed by atoms with Crippen molar-refractivity contribution >= 4 is 11.7 Å². The second-order valence-electron chi connectivity index (χ2n) is 3.65. The molecule has 14 heavy (non-hydrogen) atoms. The molecule has 0 aromatic rings. The molecule has 2 N–H and O–H groups in total. The Kier molecular flexibility index (Phi) is 2.93. The Morgan fingerprint density at radius 2 is 2.21 bits per heavy atom. The first-order valence-electron chi connectivity index (χ1n) is 4.74. The molecule has 1 rings (SSSR count). The summed E-state index contributed by atoms with van der Waals surface area (Å²) in [7, 11) is 0. The minimum absolute atomic E-state index is 0.0877. The normalized spacial score (nSPS) is 23.6. The molecule has 0 aromatic heterocycles. The van der Waals surface area contributed by atoms with E-state index < -0.39 is 11.9 Å². The molecule has 1 heterocycles. The van der Waals surface area contributed by atoms with Gasteiger partial charge in [-0.1, -0.05) is 20.3 Å². The van der Waals surface area contributed by atoms with Crippen molar-refractivity contribution in [2.24, 2.45) is 5.92 Å². The monoisotopic (exact) mass is 197 g/mol. The summed E-state index contributed by atoms with van der Waals surface area (Å²) in [6.45, 7) is 5.17. The van der Waals surface area contributed by atoms with Crippen molar-refractivity contribution in [2.45, 2.75) is 33.2 Å². The van der Waals surface area contributed by atoms with E-state index in [0.29, 0.717) is 0 Å². The molecular weight excluding hydrogens is 182 g/mol. The van der Waals surface area contributed by atoms with Gasteiger partial charge in [-0.3, -0.25) is 9.59 Å². The van der Waals surface area contributed by atoms with Gasteiger partial charge in [-0.2, -0.15) is 0 Å². The van der Waals surface area contributed by atoms with Crippen molar-refractivity contribution in [3.8, 4) is 0 Å². The summed E-state index contributed by atoms with van der Waals surface area (Å²) in [5, 5.41) is 12.3. The number of aliphatic hydroxyl groups excluding tert-OH is 1. The SMILES string of the molecule is CC[C@@H](C)[C@@H]1NC(=O)C(C(C)=O)=C1O. The van der Waals surface area contributed by atoms with Crippen LogP contribution in [-0.2, 0) is 9.59 Å². The molecule has 0 saturated heterocycles. The van der Waals surface area contributed by atoms with Crippen molar-refractivity contribution in [1.82, 2.24) is 5.32 Å². The molecule has 0 spiro atoms. The zero-order valence-electron chi connectivity index (χ0n) is 8.63. The minimum Gasteiger partial charge on any atom is -0.509 e. The first-order valence-corrected chi connectivity index (χ1v) is 4.74. The fourth-order valence-corrected chi connectivity index (χ4v) is 1.54. The average molecular weight is 197 g/mol.